The highest BCUT2D eigenvalue weighted by molar-refractivity contribution is 5.66. The molecule has 4 atom stereocenters. The van der Waals surface area contributed by atoms with Crippen LogP contribution in [-0.4, -0.2) is 52.5 Å². The lowest BCUT2D eigenvalue weighted by Crippen LogP contribution is -2.54. The molecule has 1 aliphatic heterocycles. The fourth-order valence-electron chi connectivity index (χ4n) is 1.05. The highest BCUT2D eigenvalue weighted by atomic mass is 16.7. The number of aliphatic hydroxyl groups excluding tert-OH is 3. The fraction of sp³-hybridized carbons (Fsp3) is 0.857. The quantitative estimate of drug-likeness (QED) is 0.415. The number of rotatable bonds is 1. The summed E-state index contributed by atoms with van der Waals surface area (Å²) in [5.41, 5.74) is 0. The summed E-state index contributed by atoms with van der Waals surface area (Å²) in [6.07, 6.45) is -5.11. The summed E-state index contributed by atoms with van der Waals surface area (Å²) < 4.78 is 9.32. The lowest BCUT2D eigenvalue weighted by atomic mass is 10.1. The van der Waals surface area contributed by atoms with E-state index < -0.39 is 30.6 Å². The maximum absolute atomic E-state index is 10.5. The maximum Gasteiger partial charge on any atom is 0.305 e. The van der Waals surface area contributed by atoms with Gasteiger partial charge in [-0.25, -0.2) is 0 Å². The minimum atomic E-state index is -1.41. The lowest BCUT2D eigenvalue weighted by molar-refractivity contribution is -0.261. The van der Waals surface area contributed by atoms with Crippen LogP contribution in [0.5, 0.6) is 0 Å². The van der Waals surface area contributed by atoms with Gasteiger partial charge >= 0.3 is 5.97 Å². The van der Waals surface area contributed by atoms with Crippen LogP contribution >= 0.6 is 0 Å². The molecule has 0 aromatic carbocycles. The first kappa shape index (κ1) is 10.4. The predicted molar refractivity (Wildman–Crippen MR) is 39.5 cm³/mol. The fourth-order valence-corrected chi connectivity index (χ4v) is 1.05. The average molecular weight is 192 g/mol. The minimum absolute atomic E-state index is 0.170. The number of carbonyl (C=O) groups excluding carboxylic acids is 1. The van der Waals surface area contributed by atoms with Crippen molar-refractivity contribution < 1.29 is 29.6 Å². The van der Waals surface area contributed by atoms with Crippen molar-refractivity contribution in [1.29, 1.82) is 0 Å². The van der Waals surface area contributed by atoms with E-state index in [1.165, 1.54) is 0 Å². The second kappa shape index (κ2) is 4.01. The predicted octanol–water partition coefficient (Wildman–Crippen LogP) is -2.01. The van der Waals surface area contributed by atoms with Gasteiger partial charge < -0.3 is 24.8 Å². The number of ether oxygens (including phenoxy) is 2. The van der Waals surface area contributed by atoms with E-state index >= 15 is 0 Å². The molecule has 1 fully saturated rings. The summed E-state index contributed by atoms with van der Waals surface area (Å²) in [4.78, 5) is 10.5. The van der Waals surface area contributed by atoms with Crippen molar-refractivity contribution in [2.75, 3.05) is 6.61 Å². The molecule has 1 unspecified atom stereocenters. The Hall–Kier alpha value is -0.690. The summed E-state index contributed by atoms with van der Waals surface area (Å²) >= 11 is 0. The molecule has 13 heavy (non-hydrogen) atoms. The van der Waals surface area contributed by atoms with Crippen molar-refractivity contribution >= 4 is 5.97 Å². The summed E-state index contributed by atoms with van der Waals surface area (Å²) in [7, 11) is 0. The van der Waals surface area contributed by atoms with Gasteiger partial charge in [0, 0.05) is 6.92 Å². The van der Waals surface area contributed by atoms with E-state index in [0.29, 0.717) is 0 Å². The van der Waals surface area contributed by atoms with Crippen LogP contribution in [0.3, 0.4) is 0 Å². The van der Waals surface area contributed by atoms with Gasteiger partial charge in [-0.3, -0.25) is 4.79 Å². The van der Waals surface area contributed by atoms with Crippen molar-refractivity contribution in [3.63, 3.8) is 0 Å². The molecule has 0 saturated carbocycles. The molecule has 1 saturated heterocycles. The van der Waals surface area contributed by atoms with Crippen LogP contribution in [0.25, 0.3) is 0 Å². The van der Waals surface area contributed by atoms with Gasteiger partial charge in [-0.2, -0.15) is 0 Å². The molecule has 0 bridgehead atoms. The van der Waals surface area contributed by atoms with Crippen molar-refractivity contribution in [3.05, 3.63) is 0 Å². The Balaban J connectivity index is 2.53. The summed E-state index contributed by atoms with van der Waals surface area (Å²) in [6.45, 7) is 0.990. The van der Waals surface area contributed by atoms with E-state index in [1.54, 1.807) is 0 Å². The molecule has 0 aromatic rings. The highest BCUT2D eigenvalue weighted by Crippen LogP contribution is 2.16. The second-order valence-corrected chi connectivity index (χ2v) is 2.86. The van der Waals surface area contributed by atoms with E-state index in [0.717, 1.165) is 6.92 Å². The molecule has 1 rings (SSSR count). The smallest absolute Gasteiger partial charge is 0.305 e. The average Bonchev–Trinajstić information content (AvgIpc) is 2.06. The normalized spacial score (nSPS) is 40.0. The molecular weight excluding hydrogens is 180 g/mol. The van der Waals surface area contributed by atoms with Crippen molar-refractivity contribution in [2.45, 2.75) is 31.5 Å². The Morgan fingerprint density at radius 2 is 2.00 bits per heavy atom. The number of hydrogen-bond acceptors (Lipinski definition) is 6. The first-order chi connectivity index (χ1) is 6.02. The number of aliphatic hydroxyl groups is 3. The lowest BCUT2D eigenvalue weighted by Gasteiger charge is -2.34. The number of carbonyl (C=O) groups is 1. The first-order valence-corrected chi connectivity index (χ1v) is 3.85. The Morgan fingerprint density at radius 3 is 2.54 bits per heavy atom. The Bertz CT molecular complexity index is 193. The zero-order valence-electron chi connectivity index (χ0n) is 7.08. The van der Waals surface area contributed by atoms with Gasteiger partial charge in [-0.05, 0) is 0 Å². The molecule has 6 heteroatoms. The van der Waals surface area contributed by atoms with Gasteiger partial charge in [-0.15, -0.1) is 0 Å². The standard InChI is InChI=1S/C7H12O6/c1-3(8)13-7-6(11)5(10)4(9)2-12-7/h4-7,9-11H,2H2,1H3/t4-,5+,6+,7?/m1/s1. The molecule has 0 aliphatic carbocycles. The Morgan fingerprint density at radius 1 is 1.38 bits per heavy atom. The molecule has 76 valence electrons. The molecular formula is C7H12O6. The molecule has 3 N–H and O–H groups in total. The van der Waals surface area contributed by atoms with E-state index in [1.807, 2.05) is 0 Å². The summed E-state index contributed by atoms with van der Waals surface area (Å²) in [5.74, 6) is -0.618. The number of esters is 1. The molecule has 0 spiro atoms. The third-order valence-electron chi connectivity index (χ3n) is 1.74. The molecule has 0 amide bonds. The van der Waals surface area contributed by atoms with Gasteiger partial charge in [0.15, 0.2) is 0 Å². The van der Waals surface area contributed by atoms with Crippen LogP contribution in [0.1, 0.15) is 6.92 Å². The van der Waals surface area contributed by atoms with E-state index in [-0.39, 0.29) is 6.61 Å². The van der Waals surface area contributed by atoms with Crippen LogP contribution in [0, 0.1) is 0 Å². The molecule has 1 aliphatic rings. The largest absolute Gasteiger partial charge is 0.433 e. The van der Waals surface area contributed by atoms with Gasteiger partial charge in [-0.1, -0.05) is 0 Å². The van der Waals surface area contributed by atoms with Gasteiger partial charge in [0.2, 0.25) is 6.29 Å². The minimum Gasteiger partial charge on any atom is -0.433 e. The van der Waals surface area contributed by atoms with Crippen molar-refractivity contribution in [3.8, 4) is 0 Å². The van der Waals surface area contributed by atoms with E-state index in [9.17, 15) is 9.90 Å². The topological polar surface area (TPSA) is 96.2 Å². The van der Waals surface area contributed by atoms with Crippen LogP contribution in [0.2, 0.25) is 0 Å². The zero-order valence-corrected chi connectivity index (χ0v) is 7.08. The highest BCUT2D eigenvalue weighted by Gasteiger charge is 2.39. The van der Waals surface area contributed by atoms with Crippen molar-refractivity contribution in [2.24, 2.45) is 0 Å². The van der Waals surface area contributed by atoms with Gasteiger partial charge in [0.25, 0.3) is 0 Å². The SMILES string of the molecule is CC(=O)OC1OC[C@@H](O)[C@H](O)[C@@H]1O. The van der Waals surface area contributed by atoms with Crippen LogP contribution in [0.15, 0.2) is 0 Å². The van der Waals surface area contributed by atoms with Crippen LogP contribution in [-0.2, 0) is 14.3 Å². The number of hydrogen-bond donors (Lipinski definition) is 3. The molecule has 6 nitrogen and oxygen atoms in total. The molecule has 0 radical (unpaired) electrons. The summed E-state index contributed by atoms with van der Waals surface area (Å²) in [6, 6.07) is 0. The monoisotopic (exact) mass is 192 g/mol. The third-order valence-corrected chi connectivity index (χ3v) is 1.74. The Kier molecular flexibility index (Phi) is 3.21. The first-order valence-electron chi connectivity index (χ1n) is 3.85. The zero-order chi connectivity index (χ0) is 10.0. The van der Waals surface area contributed by atoms with E-state index in [4.69, 9.17) is 14.9 Å². The van der Waals surface area contributed by atoms with Crippen molar-refractivity contribution in [1.82, 2.24) is 0 Å². The third kappa shape index (κ3) is 2.38. The van der Waals surface area contributed by atoms with Crippen LogP contribution < -0.4 is 0 Å². The van der Waals surface area contributed by atoms with Gasteiger partial charge in [0.05, 0.1) is 6.61 Å². The molecule has 0 aromatic heterocycles. The van der Waals surface area contributed by atoms with Crippen LogP contribution in [0.4, 0.5) is 0 Å². The Labute approximate surface area is 74.7 Å². The summed E-state index contributed by atoms with van der Waals surface area (Å²) in [5, 5.41) is 27.4. The molecule has 1 heterocycles. The second-order valence-electron chi connectivity index (χ2n) is 2.86. The van der Waals surface area contributed by atoms with E-state index in [2.05, 4.69) is 4.74 Å². The van der Waals surface area contributed by atoms with Gasteiger partial charge in [0.1, 0.15) is 18.3 Å². The maximum atomic E-state index is 10.5.